The zero-order chi connectivity index (χ0) is 20.7. The van der Waals surface area contributed by atoms with Crippen molar-refractivity contribution < 1.29 is 0 Å². The molecule has 0 fully saturated rings. The first kappa shape index (κ1) is 20.6. The lowest BCUT2D eigenvalue weighted by molar-refractivity contribution is 0.501. The lowest BCUT2D eigenvalue weighted by Gasteiger charge is -2.23. The van der Waals surface area contributed by atoms with E-state index >= 15 is 0 Å². The monoisotopic (exact) mass is 389 g/mol. The summed E-state index contributed by atoms with van der Waals surface area (Å²) < 4.78 is 2.07. The summed E-state index contributed by atoms with van der Waals surface area (Å²) in [6, 6.07) is 17.2. The van der Waals surface area contributed by atoms with Crippen molar-refractivity contribution in [2.24, 2.45) is 4.99 Å². The Morgan fingerprint density at radius 1 is 1.07 bits per heavy atom. The van der Waals surface area contributed by atoms with Crippen LogP contribution in [0.5, 0.6) is 0 Å². The molecule has 1 aromatic heterocycles. The molecule has 3 aromatic rings. The highest BCUT2D eigenvalue weighted by Gasteiger charge is 2.12. The highest BCUT2D eigenvalue weighted by Crippen LogP contribution is 2.25. The van der Waals surface area contributed by atoms with Crippen LogP contribution in [0.2, 0.25) is 0 Å². The Labute approximate surface area is 173 Å². The summed E-state index contributed by atoms with van der Waals surface area (Å²) in [6.45, 7) is 10.8. The van der Waals surface area contributed by atoms with Crippen LogP contribution in [-0.2, 0) is 13.1 Å². The molecule has 0 saturated carbocycles. The van der Waals surface area contributed by atoms with Crippen LogP contribution >= 0.6 is 0 Å². The van der Waals surface area contributed by atoms with Crippen LogP contribution < -0.4 is 10.6 Å². The molecule has 2 N–H and O–H groups in total. The number of aromatic nitrogens is 2. The average molecular weight is 390 g/mol. The maximum absolute atomic E-state index is 4.81. The zero-order valence-corrected chi connectivity index (χ0v) is 17.8. The third-order valence-electron chi connectivity index (χ3n) is 4.45. The molecule has 2 aromatic carbocycles. The Bertz CT molecular complexity index is 919. The normalized spacial score (nSPS) is 12.1. The summed E-state index contributed by atoms with van der Waals surface area (Å²) in [5.74, 6) is 0.838. The van der Waals surface area contributed by atoms with Gasteiger partial charge in [0.25, 0.3) is 0 Å². The van der Waals surface area contributed by atoms with E-state index in [9.17, 15) is 0 Å². The summed E-state index contributed by atoms with van der Waals surface area (Å²) in [5, 5.41) is 6.78. The van der Waals surface area contributed by atoms with Gasteiger partial charge in [-0.25, -0.2) is 9.98 Å². The van der Waals surface area contributed by atoms with Gasteiger partial charge in [0.1, 0.15) is 0 Å². The van der Waals surface area contributed by atoms with Crippen LogP contribution in [0.3, 0.4) is 0 Å². The van der Waals surface area contributed by atoms with Crippen LogP contribution in [0.25, 0.3) is 11.1 Å². The molecule has 5 nitrogen and oxygen atoms in total. The second kappa shape index (κ2) is 9.41. The number of nitrogens with one attached hydrogen (secondary N) is 2. The van der Waals surface area contributed by atoms with E-state index in [1.807, 2.05) is 12.5 Å². The lowest BCUT2D eigenvalue weighted by Crippen LogP contribution is -2.47. The molecule has 0 atom stereocenters. The van der Waals surface area contributed by atoms with Gasteiger partial charge < -0.3 is 15.2 Å². The van der Waals surface area contributed by atoms with Gasteiger partial charge in [0, 0.05) is 31.0 Å². The summed E-state index contributed by atoms with van der Waals surface area (Å²) in [6.07, 6.45) is 5.63. The van der Waals surface area contributed by atoms with Gasteiger partial charge in [0.15, 0.2) is 5.96 Å². The number of hydrogen-bond acceptors (Lipinski definition) is 2. The fourth-order valence-electron chi connectivity index (χ4n) is 3.15. The average Bonchev–Trinajstić information content (AvgIpc) is 3.19. The summed E-state index contributed by atoms with van der Waals surface area (Å²) in [5.41, 5.74) is 4.86. The number of benzene rings is 2. The maximum atomic E-state index is 4.81. The van der Waals surface area contributed by atoms with E-state index in [1.165, 1.54) is 22.3 Å². The van der Waals surface area contributed by atoms with Gasteiger partial charge in [-0.05, 0) is 49.9 Å². The molecule has 152 valence electrons. The number of rotatable bonds is 6. The van der Waals surface area contributed by atoms with E-state index in [4.69, 9.17) is 4.99 Å². The van der Waals surface area contributed by atoms with Crippen LogP contribution in [0.15, 0.2) is 72.2 Å². The zero-order valence-electron chi connectivity index (χ0n) is 17.8. The van der Waals surface area contributed by atoms with Crippen molar-refractivity contribution in [1.82, 2.24) is 20.2 Å². The third-order valence-corrected chi connectivity index (χ3v) is 4.45. The molecule has 0 radical (unpaired) electrons. The van der Waals surface area contributed by atoms with Gasteiger partial charge in [0.05, 0.1) is 12.9 Å². The van der Waals surface area contributed by atoms with Gasteiger partial charge in [-0.15, -0.1) is 0 Å². The largest absolute Gasteiger partial charge is 0.357 e. The fourth-order valence-corrected chi connectivity index (χ4v) is 3.15. The molecule has 0 amide bonds. The van der Waals surface area contributed by atoms with Crippen molar-refractivity contribution in [3.63, 3.8) is 0 Å². The van der Waals surface area contributed by atoms with Gasteiger partial charge >= 0.3 is 0 Å². The van der Waals surface area contributed by atoms with Crippen molar-refractivity contribution in [3.05, 3.63) is 78.4 Å². The molecule has 0 aliphatic rings. The minimum Gasteiger partial charge on any atom is -0.357 e. The fraction of sp³-hybridized carbons (Fsp3) is 0.333. The van der Waals surface area contributed by atoms with Crippen molar-refractivity contribution >= 4 is 5.96 Å². The molecule has 0 aliphatic carbocycles. The van der Waals surface area contributed by atoms with Gasteiger partial charge in [-0.2, -0.15) is 0 Å². The predicted octanol–water partition coefficient (Wildman–Crippen LogP) is 4.45. The smallest absolute Gasteiger partial charge is 0.191 e. The number of aliphatic imine (C=N–C) groups is 1. The van der Waals surface area contributed by atoms with E-state index in [2.05, 4.69) is 96.4 Å². The molecule has 5 heteroatoms. The number of guanidine groups is 1. The van der Waals surface area contributed by atoms with Gasteiger partial charge in [-0.1, -0.05) is 48.5 Å². The highest BCUT2D eigenvalue weighted by molar-refractivity contribution is 5.80. The molecule has 0 unspecified atom stereocenters. The van der Waals surface area contributed by atoms with E-state index in [1.54, 1.807) is 6.20 Å². The molecule has 0 spiro atoms. The minimum atomic E-state index is -0.0361. The van der Waals surface area contributed by atoms with Crippen LogP contribution in [0.1, 0.15) is 38.8 Å². The Morgan fingerprint density at radius 3 is 2.48 bits per heavy atom. The first-order valence-corrected chi connectivity index (χ1v) is 10.1. The Morgan fingerprint density at radius 2 is 1.83 bits per heavy atom. The lowest BCUT2D eigenvalue weighted by atomic mass is 9.98. The van der Waals surface area contributed by atoms with Crippen LogP contribution in [0.4, 0.5) is 0 Å². The van der Waals surface area contributed by atoms with Gasteiger partial charge in [0.2, 0.25) is 0 Å². The molecule has 0 saturated heterocycles. The van der Waals surface area contributed by atoms with E-state index < -0.39 is 0 Å². The minimum absolute atomic E-state index is 0.0361. The molecule has 29 heavy (non-hydrogen) atoms. The van der Waals surface area contributed by atoms with E-state index in [-0.39, 0.29) is 5.54 Å². The molecule has 0 aliphatic heterocycles. The van der Waals surface area contributed by atoms with E-state index in [0.717, 1.165) is 19.0 Å². The maximum Gasteiger partial charge on any atom is 0.191 e. The Balaban J connectivity index is 1.78. The topological polar surface area (TPSA) is 54.2 Å². The van der Waals surface area contributed by atoms with Crippen LogP contribution in [-0.4, -0.2) is 27.6 Å². The molecule has 3 rings (SSSR count). The Hall–Kier alpha value is -3.08. The second-order valence-corrected chi connectivity index (χ2v) is 8.16. The molecule has 0 bridgehead atoms. The highest BCUT2D eigenvalue weighted by atomic mass is 15.2. The second-order valence-electron chi connectivity index (χ2n) is 8.16. The van der Waals surface area contributed by atoms with Crippen molar-refractivity contribution in [3.8, 4) is 11.1 Å². The molecular formula is C24H31N5. The van der Waals surface area contributed by atoms with Crippen molar-refractivity contribution in [2.45, 2.75) is 46.3 Å². The standard InChI is InChI=1S/C24H31N5/c1-5-26-23(28-24(2,3)4)27-16-21-8-6-7-9-22(21)20-12-10-19(11-13-20)17-29-15-14-25-18-29/h6-15,18H,5,16-17H2,1-4H3,(H2,26,27,28). The number of imidazole rings is 1. The first-order valence-electron chi connectivity index (χ1n) is 10.1. The van der Waals surface area contributed by atoms with Crippen LogP contribution in [0, 0.1) is 0 Å². The third kappa shape index (κ3) is 6.21. The van der Waals surface area contributed by atoms with Crippen molar-refractivity contribution in [1.29, 1.82) is 0 Å². The molecular weight excluding hydrogens is 358 g/mol. The first-order chi connectivity index (χ1) is 13.9. The molecule has 1 heterocycles. The van der Waals surface area contributed by atoms with Crippen molar-refractivity contribution in [2.75, 3.05) is 6.54 Å². The SMILES string of the molecule is CCNC(=NCc1ccccc1-c1ccc(Cn2ccnc2)cc1)NC(C)(C)C. The summed E-state index contributed by atoms with van der Waals surface area (Å²) >= 11 is 0. The summed E-state index contributed by atoms with van der Waals surface area (Å²) in [4.78, 5) is 8.91. The number of nitrogens with zero attached hydrogens (tertiary/aromatic N) is 3. The van der Waals surface area contributed by atoms with Gasteiger partial charge in [-0.3, -0.25) is 0 Å². The predicted molar refractivity (Wildman–Crippen MR) is 121 cm³/mol. The summed E-state index contributed by atoms with van der Waals surface area (Å²) in [7, 11) is 0. The Kier molecular flexibility index (Phi) is 6.70. The quantitative estimate of drug-likeness (QED) is 0.484. The number of hydrogen-bond donors (Lipinski definition) is 2. The van der Waals surface area contributed by atoms with E-state index in [0.29, 0.717) is 6.54 Å².